The van der Waals surface area contributed by atoms with E-state index in [1.54, 1.807) is 17.9 Å². The summed E-state index contributed by atoms with van der Waals surface area (Å²) in [5.74, 6) is 0. The first-order chi connectivity index (χ1) is 9.58. The Morgan fingerprint density at radius 3 is 2.85 bits per heavy atom. The van der Waals surface area contributed by atoms with E-state index in [1.165, 1.54) is 17.1 Å². The van der Waals surface area contributed by atoms with Crippen molar-refractivity contribution in [1.82, 2.24) is 24.1 Å². The van der Waals surface area contributed by atoms with Crippen LogP contribution >= 0.6 is 0 Å². The summed E-state index contributed by atoms with van der Waals surface area (Å²) in [5, 5.41) is 7.40. The molecule has 20 heavy (non-hydrogen) atoms. The minimum Gasteiger partial charge on any atom is -0.314 e. The Balaban J connectivity index is 1.62. The number of nitrogens with zero attached hydrogens (tertiary/aromatic N) is 3. The molecule has 0 bridgehead atoms. The maximum absolute atomic E-state index is 12.0. The number of aromatic nitrogens is 2. The van der Waals surface area contributed by atoms with Gasteiger partial charge in [-0.05, 0) is 31.9 Å². The summed E-state index contributed by atoms with van der Waals surface area (Å²) in [5.41, 5.74) is 0. The molecule has 0 atom stereocenters. The predicted molar refractivity (Wildman–Crippen MR) is 77.4 cm³/mol. The highest BCUT2D eigenvalue weighted by molar-refractivity contribution is 7.87. The average Bonchev–Trinajstić information content (AvgIpc) is 3.09. The Kier molecular flexibility index (Phi) is 5.53. The third-order valence-electron chi connectivity index (χ3n) is 3.26. The monoisotopic (exact) mass is 301 g/mol. The van der Waals surface area contributed by atoms with Crippen LogP contribution in [0.3, 0.4) is 0 Å². The molecular formula is C12H23N5O2S. The van der Waals surface area contributed by atoms with Crippen LogP contribution < -0.4 is 10.0 Å². The van der Waals surface area contributed by atoms with Crippen molar-refractivity contribution < 1.29 is 8.42 Å². The minimum atomic E-state index is -3.38. The van der Waals surface area contributed by atoms with Crippen LogP contribution in [0.4, 0.5) is 0 Å². The van der Waals surface area contributed by atoms with Gasteiger partial charge in [0.1, 0.15) is 0 Å². The van der Waals surface area contributed by atoms with Gasteiger partial charge in [0.25, 0.3) is 10.2 Å². The molecule has 0 saturated heterocycles. The Morgan fingerprint density at radius 2 is 2.20 bits per heavy atom. The first-order valence-electron chi connectivity index (χ1n) is 7.00. The van der Waals surface area contributed by atoms with Crippen LogP contribution in [-0.2, 0) is 16.8 Å². The Bertz CT molecular complexity index is 484. The molecule has 0 spiro atoms. The van der Waals surface area contributed by atoms with Gasteiger partial charge in [-0.1, -0.05) is 0 Å². The molecule has 114 valence electrons. The molecular weight excluding hydrogens is 278 g/mol. The summed E-state index contributed by atoms with van der Waals surface area (Å²) in [7, 11) is -1.78. The van der Waals surface area contributed by atoms with Crippen molar-refractivity contribution in [3.8, 4) is 0 Å². The second kappa shape index (κ2) is 7.16. The van der Waals surface area contributed by atoms with Crippen LogP contribution in [0.1, 0.15) is 19.3 Å². The lowest BCUT2D eigenvalue weighted by molar-refractivity contribution is 0.441. The first kappa shape index (κ1) is 15.4. The first-order valence-corrected chi connectivity index (χ1v) is 8.44. The number of rotatable bonds is 10. The van der Waals surface area contributed by atoms with E-state index in [9.17, 15) is 8.42 Å². The van der Waals surface area contributed by atoms with E-state index in [1.807, 2.05) is 12.3 Å². The van der Waals surface area contributed by atoms with E-state index in [4.69, 9.17) is 0 Å². The highest BCUT2D eigenvalue weighted by atomic mass is 32.2. The molecule has 1 saturated carbocycles. The average molecular weight is 301 g/mol. The third kappa shape index (κ3) is 5.20. The van der Waals surface area contributed by atoms with Crippen molar-refractivity contribution in [2.24, 2.45) is 0 Å². The van der Waals surface area contributed by atoms with Crippen LogP contribution in [0.25, 0.3) is 0 Å². The highest BCUT2D eigenvalue weighted by Gasteiger charge is 2.20. The molecule has 2 N–H and O–H groups in total. The Morgan fingerprint density at radius 1 is 1.40 bits per heavy atom. The summed E-state index contributed by atoms with van der Waals surface area (Å²) in [6.07, 6.45) is 6.81. The van der Waals surface area contributed by atoms with Crippen molar-refractivity contribution in [1.29, 1.82) is 0 Å². The van der Waals surface area contributed by atoms with Gasteiger partial charge in [-0.2, -0.15) is 17.8 Å². The number of hydrogen-bond acceptors (Lipinski definition) is 4. The molecule has 8 heteroatoms. The zero-order valence-electron chi connectivity index (χ0n) is 11.8. The highest BCUT2D eigenvalue weighted by Crippen LogP contribution is 2.18. The normalized spacial score (nSPS) is 15.9. The van der Waals surface area contributed by atoms with Crippen LogP contribution in [0.2, 0.25) is 0 Å². The van der Waals surface area contributed by atoms with Gasteiger partial charge in [0.15, 0.2) is 0 Å². The van der Waals surface area contributed by atoms with Gasteiger partial charge in [-0.15, -0.1) is 0 Å². The SMILES string of the molecule is CN(CCCNC1CC1)S(=O)(=O)NCCn1cccn1. The van der Waals surface area contributed by atoms with Crippen molar-refractivity contribution in [2.75, 3.05) is 26.7 Å². The lowest BCUT2D eigenvalue weighted by Crippen LogP contribution is -2.40. The Hall–Kier alpha value is -0.960. The molecule has 1 aromatic rings. The summed E-state index contributed by atoms with van der Waals surface area (Å²) < 4.78 is 29.6. The molecule has 1 aliphatic carbocycles. The minimum absolute atomic E-state index is 0.342. The molecule has 7 nitrogen and oxygen atoms in total. The maximum Gasteiger partial charge on any atom is 0.279 e. The lowest BCUT2D eigenvalue weighted by atomic mass is 10.4. The molecule has 1 heterocycles. The van der Waals surface area contributed by atoms with E-state index < -0.39 is 10.2 Å². The van der Waals surface area contributed by atoms with Crippen molar-refractivity contribution in [3.05, 3.63) is 18.5 Å². The van der Waals surface area contributed by atoms with Crippen LogP contribution in [0.5, 0.6) is 0 Å². The quantitative estimate of drug-likeness (QED) is 0.586. The summed E-state index contributed by atoms with van der Waals surface area (Å²) in [6, 6.07) is 2.48. The van der Waals surface area contributed by atoms with Gasteiger partial charge in [0.2, 0.25) is 0 Å². The van der Waals surface area contributed by atoms with Gasteiger partial charge < -0.3 is 5.32 Å². The molecule has 2 rings (SSSR count). The van der Waals surface area contributed by atoms with E-state index in [2.05, 4.69) is 15.1 Å². The van der Waals surface area contributed by atoms with Crippen LogP contribution in [-0.4, -0.2) is 55.2 Å². The van der Waals surface area contributed by atoms with E-state index in [0.29, 0.717) is 25.7 Å². The van der Waals surface area contributed by atoms with Gasteiger partial charge in [0, 0.05) is 38.6 Å². The molecule has 0 radical (unpaired) electrons. The largest absolute Gasteiger partial charge is 0.314 e. The van der Waals surface area contributed by atoms with Gasteiger partial charge in [-0.25, -0.2) is 4.72 Å². The number of hydrogen-bond donors (Lipinski definition) is 2. The lowest BCUT2D eigenvalue weighted by Gasteiger charge is -2.17. The fourth-order valence-electron chi connectivity index (χ4n) is 1.85. The van der Waals surface area contributed by atoms with Crippen LogP contribution in [0.15, 0.2) is 18.5 Å². The molecule has 0 amide bonds. The molecule has 1 fully saturated rings. The fraction of sp³-hybridized carbons (Fsp3) is 0.750. The van der Waals surface area contributed by atoms with Crippen molar-refractivity contribution >= 4 is 10.2 Å². The number of nitrogens with one attached hydrogen (secondary N) is 2. The molecule has 0 aliphatic heterocycles. The van der Waals surface area contributed by atoms with Crippen LogP contribution in [0, 0.1) is 0 Å². The third-order valence-corrected chi connectivity index (χ3v) is 4.83. The van der Waals surface area contributed by atoms with Crippen molar-refractivity contribution in [2.45, 2.75) is 31.8 Å². The maximum atomic E-state index is 12.0. The zero-order valence-corrected chi connectivity index (χ0v) is 12.6. The molecule has 0 unspecified atom stereocenters. The standard InChI is InChI=1S/C12H23N5O2S/c1-16(9-2-6-13-12-4-5-12)20(18,19)15-8-11-17-10-3-7-14-17/h3,7,10,12-13,15H,2,4-6,8-9,11H2,1H3. The summed E-state index contributed by atoms with van der Waals surface area (Å²) in [6.45, 7) is 2.27. The van der Waals surface area contributed by atoms with Gasteiger partial charge >= 0.3 is 0 Å². The van der Waals surface area contributed by atoms with E-state index in [-0.39, 0.29) is 0 Å². The Labute approximate surface area is 120 Å². The van der Waals surface area contributed by atoms with Gasteiger partial charge in [-0.3, -0.25) is 4.68 Å². The van der Waals surface area contributed by atoms with E-state index >= 15 is 0 Å². The summed E-state index contributed by atoms with van der Waals surface area (Å²) >= 11 is 0. The smallest absolute Gasteiger partial charge is 0.279 e. The fourth-order valence-corrected chi connectivity index (χ4v) is 2.79. The predicted octanol–water partition coefficient (Wildman–Crippen LogP) is -0.209. The summed E-state index contributed by atoms with van der Waals surface area (Å²) in [4.78, 5) is 0. The second-order valence-corrected chi connectivity index (χ2v) is 6.93. The van der Waals surface area contributed by atoms with Gasteiger partial charge in [0.05, 0.1) is 6.54 Å². The molecule has 1 aromatic heterocycles. The second-order valence-electron chi connectivity index (χ2n) is 5.07. The zero-order chi connectivity index (χ0) is 14.4. The van der Waals surface area contributed by atoms with Crippen molar-refractivity contribution in [3.63, 3.8) is 0 Å². The molecule has 0 aromatic carbocycles. The molecule has 1 aliphatic rings. The topological polar surface area (TPSA) is 79.3 Å². The van der Waals surface area contributed by atoms with E-state index in [0.717, 1.165) is 13.0 Å².